The molecule has 1 aliphatic rings. The lowest BCUT2D eigenvalue weighted by Crippen LogP contribution is -2.27. The van der Waals surface area contributed by atoms with Gasteiger partial charge in [-0.1, -0.05) is 53.5 Å². The van der Waals surface area contributed by atoms with Crippen LogP contribution in [0, 0.1) is 0 Å². The van der Waals surface area contributed by atoms with E-state index in [9.17, 15) is 4.79 Å². The first-order chi connectivity index (χ1) is 11.1. The zero-order valence-electron chi connectivity index (χ0n) is 12.0. The van der Waals surface area contributed by atoms with E-state index in [0.29, 0.717) is 16.5 Å². The van der Waals surface area contributed by atoms with Crippen LogP contribution < -0.4 is 0 Å². The fourth-order valence-corrected chi connectivity index (χ4v) is 3.10. The number of carbonyl (C=O) groups is 1. The van der Waals surface area contributed by atoms with Gasteiger partial charge in [-0.2, -0.15) is 5.10 Å². The third kappa shape index (κ3) is 3.37. The van der Waals surface area contributed by atoms with E-state index >= 15 is 0 Å². The minimum absolute atomic E-state index is 0.122. The minimum Gasteiger partial charge on any atom is -0.272 e. The highest BCUT2D eigenvalue weighted by Gasteiger charge is 2.33. The van der Waals surface area contributed by atoms with Crippen LogP contribution in [0.1, 0.15) is 23.6 Å². The third-order valence-electron chi connectivity index (χ3n) is 3.72. The van der Waals surface area contributed by atoms with Crippen LogP contribution in [-0.2, 0) is 4.79 Å². The maximum Gasteiger partial charge on any atom is 0.258 e. The summed E-state index contributed by atoms with van der Waals surface area (Å²) in [6.07, 6.45) is 0.577. The normalized spacial score (nSPS) is 17.3. The summed E-state index contributed by atoms with van der Waals surface area (Å²) in [6, 6.07) is 14.6. The molecule has 2 aromatic rings. The highest BCUT2D eigenvalue weighted by molar-refractivity contribution is 6.34. The standard InChI is InChI=1S/C17H13Cl3N2O/c18-10-17(23)22-16(11-5-7-12(19)8-6-11)9-15(21-22)13-3-1-2-4-14(13)20/h1-8,16H,9-10H2. The average Bonchev–Trinajstić information content (AvgIpc) is 3.00. The molecule has 0 saturated heterocycles. The van der Waals surface area contributed by atoms with Crippen molar-refractivity contribution < 1.29 is 4.79 Å². The zero-order chi connectivity index (χ0) is 16.4. The van der Waals surface area contributed by atoms with Gasteiger partial charge < -0.3 is 0 Å². The van der Waals surface area contributed by atoms with Crippen molar-refractivity contribution in [1.82, 2.24) is 5.01 Å². The van der Waals surface area contributed by atoms with E-state index in [1.807, 2.05) is 36.4 Å². The van der Waals surface area contributed by atoms with Gasteiger partial charge >= 0.3 is 0 Å². The van der Waals surface area contributed by atoms with Crippen LogP contribution in [0.4, 0.5) is 0 Å². The summed E-state index contributed by atoms with van der Waals surface area (Å²) >= 11 is 17.9. The molecule has 23 heavy (non-hydrogen) atoms. The number of hydrazone groups is 1. The lowest BCUT2D eigenvalue weighted by molar-refractivity contribution is -0.130. The molecule has 6 heteroatoms. The van der Waals surface area contributed by atoms with Gasteiger partial charge in [-0.3, -0.25) is 4.79 Å². The van der Waals surface area contributed by atoms with Gasteiger partial charge in [0, 0.05) is 22.0 Å². The number of carbonyl (C=O) groups excluding carboxylic acids is 1. The Morgan fingerprint density at radius 2 is 1.83 bits per heavy atom. The second kappa shape index (κ2) is 6.91. The largest absolute Gasteiger partial charge is 0.272 e. The van der Waals surface area contributed by atoms with Crippen LogP contribution in [0.25, 0.3) is 0 Å². The van der Waals surface area contributed by atoms with Crippen molar-refractivity contribution >= 4 is 46.4 Å². The molecular weight excluding hydrogens is 355 g/mol. The summed E-state index contributed by atoms with van der Waals surface area (Å²) in [5.41, 5.74) is 2.56. The molecule has 0 radical (unpaired) electrons. The van der Waals surface area contributed by atoms with Crippen LogP contribution in [-0.4, -0.2) is 22.5 Å². The molecule has 1 amide bonds. The highest BCUT2D eigenvalue weighted by atomic mass is 35.5. The molecule has 0 spiro atoms. The summed E-state index contributed by atoms with van der Waals surface area (Å²) in [7, 11) is 0. The highest BCUT2D eigenvalue weighted by Crippen LogP contribution is 2.34. The first-order valence-electron chi connectivity index (χ1n) is 7.06. The predicted octanol–water partition coefficient (Wildman–Crippen LogP) is 4.91. The molecule has 2 aromatic carbocycles. The van der Waals surface area contributed by atoms with E-state index in [4.69, 9.17) is 34.8 Å². The molecule has 3 rings (SSSR count). The van der Waals surface area contributed by atoms with Crippen molar-refractivity contribution in [2.75, 3.05) is 5.88 Å². The number of amides is 1. The van der Waals surface area contributed by atoms with Gasteiger partial charge in [-0.15, -0.1) is 11.6 Å². The molecule has 0 saturated carbocycles. The van der Waals surface area contributed by atoms with Gasteiger partial charge in [-0.25, -0.2) is 5.01 Å². The van der Waals surface area contributed by atoms with Crippen molar-refractivity contribution in [1.29, 1.82) is 0 Å². The third-order valence-corrected chi connectivity index (χ3v) is 4.53. The van der Waals surface area contributed by atoms with Gasteiger partial charge in [0.15, 0.2) is 0 Å². The Hall–Kier alpha value is -1.55. The second-order valence-corrected chi connectivity index (χ2v) is 6.28. The molecule has 0 aromatic heterocycles. The maximum atomic E-state index is 12.2. The van der Waals surface area contributed by atoms with Crippen LogP contribution in [0.5, 0.6) is 0 Å². The Morgan fingerprint density at radius 3 is 2.48 bits per heavy atom. The molecule has 0 bridgehead atoms. The molecule has 0 fully saturated rings. The first-order valence-corrected chi connectivity index (χ1v) is 8.35. The van der Waals surface area contributed by atoms with Crippen molar-refractivity contribution in [3.8, 4) is 0 Å². The van der Waals surface area contributed by atoms with Crippen LogP contribution in [0.3, 0.4) is 0 Å². The van der Waals surface area contributed by atoms with Crippen molar-refractivity contribution in [2.45, 2.75) is 12.5 Å². The summed E-state index contributed by atoms with van der Waals surface area (Å²) < 4.78 is 0. The minimum atomic E-state index is -0.242. The lowest BCUT2D eigenvalue weighted by Gasteiger charge is -2.21. The van der Waals surface area contributed by atoms with Crippen molar-refractivity contribution in [3.05, 3.63) is 69.7 Å². The fraction of sp³-hybridized carbons (Fsp3) is 0.176. The number of rotatable bonds is 3. The lowest BCUT2D eigenvalue weighted by atomic mass is 9.98. The number of alkyl halides is 1. The Bertz CT molecular complexity index is 759. The summed E-state index contributed by atoms with van der Waals surface area (Å²) in [6.45, 7) is 0. The topological polar surface area (TPSA) is 32.7 Å². The SMILES string of the molecule is O=C(CCl)N1N=C(c2ccccc2Cl)CC1c1ccc(Cl)cc1. The van der Waals surface area contributed by atoms with Crippen molar-refractivity contribution in [2.24, 2.45) is 5.10 Å². The molecular formula is C17H13Cl3N2O. The summed E-state index contributed by atoms with van der Waals surface area (Å²) in [5.74, 6) is -0.364. The summed E-state index contributed by atoms with van der Waals surface area (Å²) in [4.78, 5) is 12.2. The monoisotopic (exact) mass is 366 g/mol. The van der Waals surface area contributed by atoms with Gasteiger partial charge in [0.2, 0.25) is 0 Å². The Balaban J connectivity index is 1.97. The zero-order valence-corrected chi connectivity index (χ0v) is 14.3. The van der Waals surface area contributed by atoms with Crippen LogP contribution in [0.15, 0.2) is 53.6 Å². The van der Waals surface area contributed by atoms with E-state index in [-0.39, 0.29) is 17.8 Å². The second-order valence-electron chi connectivity index (χ2n) is 5.17. The van der Waals surface area contributed by atoms with E-state index in [2.05, 4.69) is 5.10 Å². The molecule has 0 N–H and O–H groups in total. The van der Waals surface area contributed by atoms with E-state index < -0.39 is 0 Å². The Morgan fingerprint density at radius 1 is 1.13 bits per heavy atom. The molecule has 1 heterocycles. The molecule has 1 atom stereocenters. The van der Waals surface area contributed by atoms with Gasteiger partial charge in [0.25, 0.3) is 5.91 Å². The van der Waals surface area contributed by atoms with Gasteiger partial charge in [0.1, 0.15) is 5.88 Å². The van der Waals surface area contributed by atoms with Gasteiger partial charge in [-0.05, 0) is 23.8 Å². The predicted molar refractivity (Wildman–Crippen MR) is 94.4 cm³/mol. The molecule has 3 nitrogen and oxygen atoms in total. The number of benzene rings is 2. The van der Waals surface area contributed by atoms with Crippen LogP contribution >= 0.6 is 34.8 Å². The number of halogens is 3. The van der Waals surface area contributed by atoms with E-state index in [1.54, 1.807) is 12.1 Å². The Labute approximate surface area is 149 Å². The summed E-state index contributed by atoms with van der Waals surface area (Å²) in [5, 5.41) is 7.17. The molecule has 1 unspecified atom stereocenters. The average molecular weight is 368 g/mol. The molecule has 0 aliphatic carbocycles. The fourth-order valence-electron chi connectivity index (χ4n) is 2.60. The smallest absolute Gasteiger partial charge is 0.258 e. The number of hydrogen-bond donors (Lipinski definition) is 0. The van der Waals surface area contributed by atoms with E-state index in [0.717, 1.165) is 16.8 Å². The Kier molecular flexibility index (Phi) is 4.90. The quantitative estimate of drug-likeness (QED) is 0.709. The van der Waals surface area contributed by atoms with Crippen molar-refractivity contribution in [3.63, 3.8) is 0 Å². The first kappa shape index (κ1) is 16.3. The van der Waals surface area contributed by atoms with Crippen LogP contribution in [0.2, 0.25) is 10.0 Å². The van der Waals surface area contributed by atoms with Gasteiger partial charge in [0.05, 0.1) is 11.8 Å². The molecule has 118 valence electrons. The number of nitrogens with zero attached hydrogens (tertiary/aromatic N) is 2. The molecule has 1 aliphatic heterocycles. The van der Waals surface area contributed by atoms with E-state index in [1.165, 1.54) is 5.01 Å². The maximum absolute atomic E-state index is 12.2. The number of hydrogen-bond acceptors (Lipinski definition) is 2.